The van der Waals surface area contributed by atoms with Crippen LogP contribution >= 0.6 is 0 Å². The first-order valence-electron chi connectivity index (χ1n) is 22.7. The molecule has 3 heteroatoms. The van der Waals surface area contributed by atoms with Crippen molar-refractivity contribution in [2.45, 2.75) is 5.41 Å². The molecule has 0 fully saturated rings. The lowest BCUT2D eigenvalue weighted by Gasteiger charge is -2.45. The van der Waals surface area contributed by atoms with Gasteiger partial charge in [0.1, 0.15) is 0 Å². The van der Waals surface area contributed by atoms with Crippen molar-refractivity contribution >= 4 is 27.8 Å². The highest BCUT2D eigenvalue weighted by Crippen LogP contribution is 2.63. The summed E-state index contributed by atoms with van der Waals surface area (Å²) in [7, 11) is 0. The van der Waals surface area contributed by atoms with Crippen LogP contribution in [0.4, 0.5) is 17.1 Å². The molecule has 1 aliphatic carbocycles. The molecule has 0 radical (unpaired) electrons. The number of para-hydroxylation sites is 2. The van der Waals surface area contributed by atoms with E-state index in [-0.39, 0.29) is 0 Å². The molecule has 13 rings (SSSR count). The number of rotatable bonds is 6. The molecule has 1 aromatic heterocycles. The van der Waals surface area contributed by atoms with Crippen LogP contribution in [0.2, 0.25) is 0 Å². The van der Waals surface area contributed by atoms with Gasteiger partial charge in [-0.2, -0.15) is 0 Å². The maximum atomic E-state index is 5.41. The third kappa shape index (κ3) is 5.84. The predicted octanol–water partition coefficient (Wildman–Crippen LogP) is 16.1. The fourth-order valence-electron chi connectivity index (χ4n) is 10.8. The minimum Gasteiger partial charge on any atom is -0.310 e. The number of benzene rings is 10. The van der Waals surface area contributed by atoms with E-state index in [1.165, 1.54) is 55.6 Å². The third-order valence-corrected chi connectivity index (χ3v) is 13.7. The largest absolute Gasteiger partial charge is 0.310 e. The van der Waals surface area contributed by atoms with Crippen LogP contribution in [0.3, 0.4) is 0 Å². The monoisotopic (exact) mass is 839 g/mol. The summed E-state index contributed by atoms with van der Waals surface area (Å²) in [5.74, 6) is 0.681. The molecule has 0 bridgehead atoms. The Labute approximate surface area is 384 Å². The van der Waals surface area contributed by atoms with Gasteiger partial charge in [0.05, 0.1) is 28.2 Å². The highest BCUT2D eigenvalue weighted by molar-refractivity contribution is 6.05. The number of aromatic nitrogens is 2. The maximum Gasteiger partial charge on any atom is 0.160 e. The molecule has 0 atom stereocenters. The fraction of sp³-hybridized carbons (Fsp3) is 0.0159. The van der Waals surface area contributed by atoms with Crippen molar-refractivity contribution in [3.05, 3.63) is 271 Å². The Hall–Kier alpha value is -8.66. The summed E-state index contributed by atoms with van der Waals surface area (Å²) in [5.41, 5.74) is 20.1. The Morgan fingerprint density at radius 2 is 0.803 bits per heavy atom. The minimum atomic E-state index is -0.504. The van der Waals surface area contributed by atoms with Crippen LogP contribution in [0.5, 0.6) is 0 Å². The highest BCUT2D eigenvalue weighted by Gasteiger charge is 2.51. The lowest BCUT2D eigenvalue weighted by atomic mass is 9.64. The topological polar surface area (TPSA) is 29.0 Å². The summed E-state index contributed by atoms with van der Waals surface area (Å²) in [4.78, 5) is 13.2. The molecule has 0 N–H and O–H groups in total. The molecular weight excluding hydrogens is 799 g/mol. The van der Waals surface area contributed by atoms with Crippen LogP contribution < -0.4 is 4.90 Å². The summed E-state index contributed by atoms with van der Waals surface area (Å²) in [6.45, 7) is 0. The van der Waals surface area contributed by atoms with Gasteiger partial charge in [-0.15, -0.1) is 0 Å². The normalized spacial score (nSPS) is 12.9. The zero-order valence-electron chi connectivity index (χ0n) is 36.0. The van der Waals surface area contributed by atoms with Gasteiger partial charge in [0, 0.05) is 22.4 Å². The van der Waals surface area contributed by atoms with Gasteiger partial charge in [0.15, 0.2) is 5.82 Å². The van der Waals surface area contributed by atoms with Crippen LogP contribution in [0, 0.1) is 0 Å². The standard InChI is InChI=1S/C63H41N3/c1-4-19-42(20-5-1)48-36-37-53(50-28-11-10-27-49(48)50)59-41-58(43-21-6-2-7-22-43)64-62(65-59)46-24-18-23-44(39-46)45-35-38-57-61(40-45)66(47-25-8-3-9-26-47)60-34-17-16-33-56(60)63(57)54-31-14-12-29-51(54)52-30-13-15-32-55(52)63/h1-41H. The van der Waals surface area contributed by atoms with E-state index in [2.05, 4.69) is 248 Å². The first-order chi connectivity index (χ1) is 32.7. The van der Waals surface area contributed by atoms with Gasteiger partial charge in [-0.3, -0.25) is 0 Å². The van der Waals surface area contributed by atoms with E-state index in [1.54, 1.807) is 0 Å². The fourth-order valence-corrected chi connectivity index (χ4v) is 10.8. The van der Waals surface area contributed by atoms with E-state index in [0.717, 1.165) is 56.0 Å². The zero-order valence-corrected chi connectivity index (χ0v) is 36.0. The molecule has 2 heterocycles. The van der Waals surface area contributed by atoms with Gasteiger partial charge in [0.25, 0.3) is 0 Å². The Bertz CT molecular complexity index is 3610. The van der Waals surface area contributed by atoms with Gasteiger partial charge in [-0.25, -0.2) is 9.97 Å². The van der Waals surface area contributed by atoms with Gasteiger partial charge in [-0.05, 0) is 103 Å². The molecular formula is C63H41N3. The van der Waals surface area contributed by atoms with E-state index < -0.39 is 5.41 Å². The van der Waals surface area contributed by atoms with Crippen molar-refractivity contribution in [3.63, 3.8) is 0 Å². The summed E-state index contributed by atoms with van der Waals surface area (Å²) >= 11 is 0. The van der Waals surface area contributed by atoms with Gasteiger partial charge in [-0.1, -0.05) is 212 Å². The lowest BCUT2D eigenvalue weighted by Crippen LogP contribution is -2.36. The molecule has 1 spiro atoms. The Kier molecular flexibility index (Phi) is 8.75. The second kappa shape index (κ2) is 15.3. The molecule has 0 unspecified atom stereocenters. The van der Waals surface area contributed by atoms with E-state index in [1.807, 2.05) is 6.07 Å². The maximum absolute atomic E-state index is 5.41. The van der Waals surface area contributed by atoms with Crippen molar-refractivity contribution in [2.75, 3.05) is 4.90 Å². The summed E-state index contributed by atoms with van der Waals surface area (Å²) < 4.78 is 0. The van der Waals surface area contributed by atoms with E-state index in [9.17, 15) is 0 Å². The lowest BCUT2D eigenvalue weighted by molar-refractivity contribution is 0.753. The Morgan fingerprint density at radius 1 is 0.288 bits per heavy atom. The summed E-state index contributed by atoms with van der Waals surface area (Å²) in [5, 5.41) is 2.34. The van der Waals surface area contributed by atoms with Gasteiger partial charge in [0.2, 0.25) is 0 Å². The van der Waals surface area contributed by atoms with Crippen LogP contribution in [-0.2, 0) is 5.41 Å². The molecule has 66 heavy (non-hydrogen) atoms. The average Bonchev–Trinajstić information content (AvgIpc) is 3.69. The van der Waals surface area contributed by atoms with E-state index in [4.69, 9.17) is 9.97 Å². The van der Waals surface area contributed by atoms with Crippen LogP contribution in [-0.4, -0.2) is 9.97 Å². The molecule has 1 aliphatic heterocycles. The van der Waals surface area contributed by atoms with E-state index in [0.29, 0.717) is 5.82 Å². The molecule has 2 aliphatic rings. The SMILES string of the molecule is c1ccc(-c2cc(-c3ccc(-c4ccccc4)c4ccccc34)nc(-c3cccc(-c4ccc5c(c4)N(c4ccccc4)c4ccccc4C54c5ccccc5-c5ccccc54)c3)n2)cc1. The Morgan fingerprint density at radius 3 is 1.53 bits per heavy atom. The zero-order chi connectivity index (χ0) is 43.6. The number of hydrogen-bond acceptors (Lipinski definition) is 3. The van der Waals surface area contributed by atoms with Crippen molar-refractivity contribution in [1.29, 1.82) is 0 Å². The second-order valence-electron chi connectivity index (χ2n) is 17.2. The van der Waals surface area contributed by atoms with Crippen molar-refractivity contribution in [1.82, 2.24) is 9.97 Å². The second-order valence-corrected chi connectivity index (χ2v) is 17.2. The van der Waals surface area contributed by atoms with Crippen molar-refractivity contribution < 1.29 is 0 Å². The van der Waals surface area contributed by atoms with Crippen LogP contribution in [0.15, 0.2) is 249 Å². The number of fused-ring (bicyclic) bond motifs is 10. The van der Waals surface area contributed by atoms with Gasteiger partial charge < -0.3 is 4.90 Å². The minimum absolute atomic E-state index is 0.504. The quantitative estimate of drug-likeness (QED) is 0.167. The average molecular weight is 840 g/mol. The van der Waals surface area contributed by atoms with E-state index >= 15 is 0 Å². The number of anilines is 3. The molecule has 10 aromatic carbocycles. The Balaban J connectivity index is 0.995. The third-order valence-electron chi connectivity index (χ3n) is 13.7. The molecule has 0 saturated heterocycles. The molecule has 308 valence electrons. The molecule has 11 aromatic rings. The van der Waals surface area contributed by atoms with Crippen LogP contribution in [0.25, 0.3) is 78.1 Å². The summed E-state index contributed by atoms with van der Waals surface area (Å²) in [6, 6.07) is 89.9. The van der Waals surface area contributed by atoms with Gasteiger partial charge >= 0.3 is 0 Å². The molecule has 3 nitrogen and oxygen atoms in total. The highest BCUT2D eigenvalue weighted by atomic mass is 15.2. The first kappa shape index (κ1) is 37.9. The predicted molar refractivity (Wildman–Crippen MR) is 272 cm³/mol. The van der Waals surface area contributed by atoms with Crippen molar-refractivity contribution in [2.24, 2.45) is 0 Å². The first-order valence-corrected chi connectivity index (χ1v) is 22.7. The van der Waals surface area contributed by atoms with Crippen molar-refractivity contribution in [3.8, 4) is 67.3 Å². The number of nitrogens with zero attached hydrogens (tertiary/aromatic N) is 3. The van der Waals surface area contributed by atoms with Crippen LogP contribution in [0.1, 0.15) is 22.3 Å². The number of hydrogen-bond donors (Lipinski definition) is 0. The smallest absolute Gasteiger partial charge is 0.160 e. The molecule has 0 saturated carbocycles. The molecule has 0 amide bonds. The summed E-state index contributed by atoms with van der Waals surface area (Å²) in [6.07, 6.45) is 0.